The quantitative estimate of drug-likeness (QED) is 0.404. The predicted octanol–water partition coefficient (Wildman–Crippen LogP) is 5.14. The molecule has 1 N–H and O–H groups in total. The summed E-state index contributed by atoms with van der Waals surface area (Å²) in [6, 6.07) is 25.9. The second-order valence-electron chi connectivity index (χ2n) is 9.63. The van der Waals surface area contributed by atoms with Gasteiger partial charge in [0, 0.05) is 16.9 Å². The van der Waals surface area contributed by atoms with Crippen LogP contribution < -0.4 is 10.2 Å². The standard InChI is InChI=1S/C31H22N2O4/c34-28(20-10-2-1-3-11-20)27-26(29(35)24-15-8-18-37-24)31(21-12-5-6-13-22(21)32-30(31)36)25-17-16-19-9-4-7-14-23(19)33(25)27/h1-18,25-27H,(H,32,36)/t25-,26+,27+,31-/m1/s1. The van der Waals surface area contributed by atoms with Gasteiger partial charge in [-0.1, -0.05) is 78.9 Å². The van der Waals surface area contributed by atoms with E-state index in [1.54, 1.807) is 36.4 Å². The van der Waals surface area contributed by atoms with Gasteiger partial charge in [0.1, 0.15) is 11.5 Å². The molecule has 6 heteroatoms. The number of furan rings is 1. The minimum Gasteiger partial charge on any atom is -0.461 e. The lowest BCUT2D eigenvalue weighted by Gasteiger charge is -2.37. The lowest BCUT2D eigenvalue weighted by Crippen LogP contribution is -2.51. The number of hydrogen-bond donors (Lipinski definition) is 1. The van der Waals surface area contributed by atoms with E-state index in [2.05, 4.69) is 5.32 Å². The number of amides is 1. The maximum absolute atomic E-state index is 14.4. The number of carbonyl (C=O) groups is 3. The third-order valence-electron chi connectivity index (χ3n) is 7.92. The molecule has 4 heterocycles. The molecule has 0 bridgehead atoms. The Bertz CT molecular complexity index is 1590. The first-order chi connectivity index (χ1) is 18.1. The number of nitrogens with one attached hydrogen (secondary N) is 1. The fraction of sp³-hybridized carbons (Fsp3) is 0.129. The number of Topliss-reactive ketones (excluding diaryl/α,β-unsaturated/α-hetero) is 2. The highest BCUT2D eigenvalue weighted by atomic mass is 16.3. The lowest BCUT2D eigenvalue weighted by molar-refractivity contribution is -0.121. The average Bonchev–Trinajstić information content (AvgIpc) is 3.65. The Morgan fingerprint density at radius 2 is 1.59 bits per heavy atom. The van der Waals surface area contributed by atoms with E-state index in [4.69, 9.17) is 4.42 Å². The van der Waals surface area contributed by atoms with Crippen molar-refractivity contribution >= 4 is 34.9 Å². The number of ketones is 2. The molecule has 3 aromatic carbocycles. The van der Waals surface area contributed by atoms with Crippen molar-refractivity contribution in [3.05, 3.63) is 126 Å². The van der Waals surface area contributed by atoms with E-state index in [1.165, 1.54) is 6.26 Å². The first-order valence-corrected chi connectivity index (χ1v) is 12.3. The average molecular weight is 487 g/mol. The van der Waals surface area contributed by atoms with Crippen LogP contribution >= 0.6 is 0 Å². The van der Waals surface area contributed by atoms with Crippen molar-refractivity contribution in [2.45, 2.75) is 17.5 Å². The van der Waals surface area contributed by atoms with Crippen LogP contribution in [0.1, 0.15) is 32.0 Å². The molecule has 1 fully saturated rings. The summed E-state index contributed by atoms with van der Waals surface area (Å²) in [6.45, 7) is 0. The number of carbonyl (C=O) groups excluding carboxylic acids is 3. The number of hydrogen-bond acceptors (Lipinski definition) is 5. The van der Waals surface area contributed by atoms with Crippen LogP contribution in [-0.2, 0) is 10.2 Å². The molecule has 180 valence electrons. The van der Waals surface area contributed by atoms with Gasteiger partial charge in [0.05, 0.1) is 18.2 Å². The number of para-hydroxylation sites is 2. The van der Waals surface area contributed by atoms with Crippen LogP contribution in [0.5, 0.6) is 0 Å². The molecule has 0 saturated carbocycles. The Balaban J connectivity index is 1.55. The van der Waals surface area contributed by atoms with Crippen molar-refractivity contribution in [1.82, 2.24) is 0 Å². The van der Waals surface area contributed by atoms with E-state index in [0.29, 0.717) is 16.8 Å². The molecule has 4 aromatic rings. The van der Waals surface area contributed by atoms with Gasteiger partial charge in [-0.2, -0.15) is 0 Å². The summed E-state index contributed by atoms with van der Waals surface area (Å²) in [7, 11) is 0. The van der Waals surface area contributed by atoms with Crippen molar-refractivity contribution in [3.8, 4) is 0 Å². The molecular formula is C31H22N2O4. The maximum atomic E-state index is 14.4. The summed E-state index contributed by atoms with van der Waals surface area (Å²) in [5, 5.41) is 3.02. The van der Waals surface area contributed by atoms with Gasteiger partial charge in [-0.15, -0.1) is 0 Å². The largest absolute Gasteiger partial charge is 0.461 e. The van der Waals surface area contributed by atoms with Crippen LogP contribution in [0, 0.1) is 5.92 Å². The number of fused-ring (bicyclic) bond motifs is 6. The molecule has 1 spiro atoms. The third kappa shape index (κ3) is 2.84. The van der Waals surface area contributed by atoms with Crippen molar-refractivity contribution in [2.75, 3.05) is 10.2 Å². The molecule has 3 aliphatic rings. The van der Waals surface area contributed by atoms with Crippen molar-refractivity contribution in [2.24, 2.45) is 5.92 Å². The maximum Gasteiger partial charge on any atom is 0.238 e. The smallest absolute Gasteiger partial charge is 0.238 e. The van der Waals surface area contributed by atoms with Crippen LogP contribution in [0.25, 0.3) is 6.08 Å². The second-order valence-corrected chi connectivity index (χ2v) is 9.63. The number of nitrogens with zero attached hydrogens (tertiary/aromatic N) is 1. The minimum absolute atomic E-state index is 0.129. The Kier molecular flexibility index (Phi) is 4.60. The topological polar surface area (TPSA) is 79.6 Å². The summed E-state index contributed by atoms with van der Waals surface area (Å²) in [5.74, 6) is -1.78. The Labute approximate surface area is 213 Å². The highest BCUT2D eigenvalue weighted by Crippen LogP contribution is 2.58. The van der Waals surface area contributed by atoms with Gasteiger partial charge in [-0.05, 0) is 35.4 Å². The van der Waals surface area contributed by atoms with Gasteiger partial charge in [0.25, 0.3) is 0 Å². The fourth-order valence-electron chi connectivity index (χ4n) is 6.46. The molecule has 3 aliphatic heterocycles. The van der Waals surface area contributed by atoms with Crippen LogP contribution in [0.4, 0.5) is 11.4 Å². The Morgan fingerprint density at radius 3 is 2.41 bits per heavy atom. The molecule has 1 saturated heterocycles. The van der Waals surface area contributed by atoms with Gasteiger partial charge in [0.15, 0.2) is 11.5 Å². The molecule has 37 heavy (non-hydrogen) atoms. The summed E-state index contributed by atoms with van der Waals surface area (Å²) in [4.78, 5) is 44.9. The molecule has 4 atom stereocenters. The first kappa shape index (κ1) is 21.6. The zero-order valence-electron chi connectivity index (χ0n) is 19.7. The molecule has 6 nitrogen and oxygen atoms in total. The van der Waals surface area contributed by atoms with Crippen molar-refractivity contribution in [3.63, 3.8) is 0 Å². The zero-order valence-corrected chi connectivity index (χ0v) is 19.7. The Hall–Kier alpha value is -4.71. The van der Waals surface area contributed by atoms with E-state index >= 15 is 0 Å². The first-order valence-electron chi connectivity index (χ1n) is 12.3. The van der Waals surface area contributed by atoms with Gasteiger partial charge in [-0.3, -0.25) is 14.4 Å². The second kappa shape index (κ2) is 7.90. The zero-order chi connectivity index (χ0) is 25.1. The van der Waals surface area contributed by atoms with Crippen molar-refractivity contribution < 1.29 is 18.8 Å². The van der Waals surface area contributed by atoms with Crippen LogP contribution in [0.15, 0.2) is 108 Å². The molecule has 1 aromatic heterocycles. The number of benzene rings is 3. The highest BCUT2D eigenvalue weighted by molar-refractivity contribution is 6.18. The molecule has 7 rings (SSSR count). The van der Waals surface area contributed by atoms with Crippen LogP contribution in [0.2, 0.25) is 0 Å². The predicted molar refractivity (Wildman–Crippen MR) is 140 cm³/mol. The van der Waals surface area contributed by atoms with Gasteiger partial charge < -0.3 is 14.6 Å². The van der Waals surface area contributed by atoms with Gasteiger partial charge in [-0.25, -0.2) is 0 Å². The third-order valence-corrected chi connectivity index (χ3v) is 7.92. The van der Waals surface area contributed by atoms with E-state index in [1.807, 2.05) is 71.6 Å². The van der Waals surface area contributed by atoms with Crippen LogP contribution in [-0.4, -0.2) is 29.6 Å². The van der Waals surface area contributed by atoms with Gasteiger partial charge >= 0.3 is 0 Å². The molecule has 0 unspecified atom stereocenters. The summed E-state index contributed by atoms with van der Waals surface area (Å²) >= 11 is 0. The normalized spacial score (nSPS) is 24.9. The van der Waals surface area contributed by atoms with Crippen molar-refractivity contribution in [1.29, 1.82) is 0 Å². The number of anilines is 2. The van der Waals surface area contributed by atoms with Crippen LogP contribution in [0.3, 0.4) is 0 Å². The van der Waals surface area contributed by atoms with E-state index in [9.17, 15) is 14.4 Å². The molecule has 0 radical (unpaired) electrons. The summed E-state index contributed by atoms with van der Waals surface area (Å²) < 4.78 is 5.56. The summed E-state index contributed by atoms with van der Waals surface area (Å²) in [5.41, 5.74) is 2.27. The fourth-order valence-corrected chi connectivity index (χ4v) is 6.46. The SMILES string of the molecule is O=C(c1ccccc1)[C@@H]1[C@@H](C(=O)c2ccco2)[C@]2(C(=O)Nc3ccccc32)[C@H]2C=Cc3ccccc3N12. The molecule has 1 amide bonds. The lowest BCUT2D eigenvalue weighted by atomic mass is 9.64. The van der Waals surface area contributed by atoms with E-state index < -0.39 is 23.4 Å². The molecular weight excluding hydrogens is 464 g/mol. The molecule has 0 aliphatic carbocycles. The summed E-state index contributed by atoms with van der Waals surface area (Å²) in [6.07, 6.45) is 5.38. The Morgan fingerprint density at radius 1 is 0.838 bits per heavy atom. The number of rotatable bonds is 4. The highest BCUT2D eigenvalue weighted by Gasteiger charge is 2.70. The monoisotopic (exact) mass is 486 g/mol. The van der Waals surface area contributed by atoms with Gasteiger partial charge in [0.2, 0.25) is 11.7 Å². The van der Waals surface area contributed by atoms with E-state index in [0.717, 1.165) is 11.3 Å². The minimum atomic E-state index is -1.33. The van der Waals surface area contributed by atoms with E-state index in [-0.39, 0.29) is 23.2 Å².